The molecule has 3 atom stereocenters. The predicted molar refractivity (Wildman–Crippen MR) is 82.0 cm³/mol. The third-order valence-electron chi connectivity index (χ3n) is 4.18. The first-order valence-corrected chi connectivity index (χ1v) is 7.74. The molecule has 1 aromatic carbocycles. The average Bonchev–Trinajstić information content (AvgIpc) is 3.00. The van der Waals surface area contributed by atoms with Gasteiger partial charge in [0.15, 0.2) is 0 Å². The zero-order valence-electron chi connectivity index (χ0n) is 13.0. The van der Waals surface area contributed by atoms with Crippen LogP contribution in [0.15, 0.2) is 30.3 Å². The monoisotopic (exact) mass is 288 g/mol. The van der Waals surface area contributed by atoms with Gasteiger partial charge in [-0.2, -0.15) is 0 Å². The molecule has 2 fully saturated rings. The number of carbonyl (C=O) groups excluding carboxylic acids is 1. The van der Waals surface area contributed by atoms with Gasteiger partial charge in [-0.3, -0.25) is 4.90 Å². The normalized spacial score (nSPS) is 27.4. The Kier molecular flexibility index (Phi) is 3.66. The third-order valence-corrected chi connectivity index (χ3v) is 4.18. The summed E-state index contributed by atoms with van der Waals surface area (Å²) in [5.74, 6) is 0. The van der Waals surface area contributed by atoms with Crippen LogP contribution in [0.5, 0.6) is 0 Å². The molecule has 0 aromatic heterocycles. The Hall–Kier alpha value is -1.55. The maximum atomic E-state index is 12.1. The maximum absolute atomic E-state index is 12.1. The zero-order valence-corrected chi connectivity index (χ0v) is 13.0. The molecule has 1 amide bonds. The smallest absolute Gasteiger partial charge is 0.410 e. The number of rotatable bonds is 3. The minimum atomic E-state index is -0.416. The van der Waals surface area contributed by atoms with Crippen LogP contribution in [0.3, 0.4) is 0 Å². The van der Waals surface area contributed by atoms with Gasteiger partial charge in [0.05, 0.1) is 12.1 Å². The molecule has 1 saturated heterocycles. The first kappa shape index (κ1) is 14.4. The van der Waals surface area contributed by atoms with Gasteiger partial charge in [-0.25, -0.2) is 4.79 Å². The second-order valence-corrected chi connectivity index (χ2v) is 7.00. The molecular formula is C17H24N2O2. The van der Waals surface area contributed by atoms with E-state index in [1.807, 2.05) is 31.7 Å². The molecule has 21 heavy (non-hydrogen) atoms. The topological polar surface area (TPSA) is 41.3 Å². The van der Waals surface area contributed by atoms with E-state index in [1.54, 1.807) is 0 Å². The Labute approximate surface area is 126 Å². The standard InChI is InChI=1S/C17H24N2O2/c1-17(2,3)21-16(20)19-14-10-9-13(15(14)19)18-11-12-7-5-4-6-8-12/h4-8,13-15,18H,9-11H2,1-3H3/t13-,14+,15-,19?/m1/s1. The molecule has 3 rings (SSSR count). The van der Waals surface area contributed by atoms with Crippen LogP contribution in [-0.2, 0) is 11.3 Å². The molecule has 0 radical (unpaired) electrons. The summed E-state index contributed by atoms with van der Waals surface area (Å²) in [5, 5.41) is 3.59. The van der Waals surface area contributed by atoms with Crippen LogP contribution in [0.1, 0.15) is 39.2 Å². The number of fused-ring (bicyclic) bond motifs is 1. The average molecular weight is 288 g/mol. The quantitative estimate of drug-likeness (QED) is 0.870. The highest BCUT2D eigenvalue weighted by molar-refractivity contribution is 5.73. The van der Waals surface area contributed by atoms with E-state index in [1.165, 1.54) is 5.56 Å². The lowest BCUT2D eigenvalue weighted by Crippen LogP contribution is -2.37. The van der Waals surface area contributed by atoms with Crippen LogP contribution in [0.4, 0.5) is 4.79 Å². The Morgan fingerprint density at radius 1 is 1.29 bits per heavy atom. The van der Waals surface area contributed by atoms with Gasteiger partial charge >= 0.3 is 6.09 Å². The number of nitrogens with one attached hydrogen (secondary N) is 1. The van der Waals surface area contributed by atoms with Crippen LogP contribution >= 0.6 is 0 Å². The van der Waals surface area contributed by atoms with Crippen LogP contribution in [-0.4, -0.2) is 34.7 Å². The van der Waals surface area contributed by atoms with E-state index in [0.29, 0.717) is 18.1 Å². The van der Waals surface area contributed by atoms with Crippen LogP contribution < -0.4 is 5.32 Å². The van der Waals surface area contributed by atoms with Crippen molar-refractivity contribution in [3.63, 3.8) is 0 Å². The third kappa shape index (κ3) is 3.21. The lowest BCUT2D eigenvalue weighted by molar-refractivity contribution is 0.0374. The summed E-state index contributed by atoms with van der Waals surface area (Å²) in [4.78, 5) is 14.0. The molecule has 1 saturated carbocycles. The van der Waals surface area contributed by atoms with Gasteiger partial charge in [-0.1, -0.05) is 30.3 Å². The Balaban J connectivity index is 1.52. The van der Waals surface area contributed by atoms with Gasteiger partial charge in [0.1, 0.15) is 5.60 Å². The number of hydrogen-bond donors (Lipinski definition) is 1. The van der Waals surface area contributed by atoms with E-state index in [0.717, 1.165) is 19.4 Å². The molecular weight excluding hydrogens is 264 g/mol. The van der Waals surface area contributed by atoms with Crippen LogP contribution in [0.25, 0.3) is 0 Å². The predicted octanol–water partition coefficient (Wildman–Crippen LogP) is 2.93. The lowest BCUT2D eigenvalue weighted by Gasteiger charge is -2.22. The minimum absolute atomic E-state index is 0.163. The molecule has 0 spiro atoms. The summed E-state index contributed by atoms with van der Waals surface area (Å²) in [5.41, 5.74) is 0.867. The number of hydrogen-bond acceptors (Lipinski definition) is 3. The number of piperidine rings is 1. The molecule has 1 aromatic rings. The summed E-state index contributed by atoms with van der Waals surface area (Å²) in [7, 11) is 0. The molecule has 4 heteroatoms. The van der Waals surface area contributed by atoms with Crippen LogP contribution in [0.2, 0.25) is 0 Å². The second kappa shape index (κ2) is 5.34. The largest absolute Gasteiger partial charge is 0.444 e. The first-order valence-electron chi connectivity index (χ1n) is 7.74. The van der Waals surface area contributed by atoms with E-state index < -0.39 is 5.60 Å². The summed E-state index contributed by atoms with van der Waals surface area (Å²) in [6.45, 7) is 6.59. The Morgan fingerprint density at radius 3 is 2.67 bits per heavy atom. The summed E-state index contributed by atoms with van der Waals surface area (Å²) in [6, 6.07) is 11.5. The summed E-state index contributed by atoms with van der Waals surface area (Å²) < 4.78 is 5.47. The van der Waals surface area contributed by atoms with E-state index in [2.05, 4.69) is 29.6 Å². The lowest BCUT2D eigenvalue weighted by atomic mass is 10.2. The van der Waals surface area contributed by atoms with Crippen molar-refractivity contribution in [1.82, 2.24) is 10.2 Å². The molecule has 1 aliphatic heterocycles. The van der Waals surface area contributed by atoms with E-state index in [9.17, 15) is 4.79 Å². The van der Waals surface area contributed by atoms with E-state index in [-0.39, 0.29) is 6.09 Å². The molecule has 4 nitrogen and oxygen atoms in total. The number of ether oxygens (including phenoxy) is 1. The number of likely N-dealkylation sites (tertiary alicyclic amines) is 1. The van der Waals surface area contributed by atoms with Gasteiger partial charge in [0.25, 0.3) is 0 Å². The van der Waals surface area contributed by atoms with Gasteiger partial charge in [-0.05, 0) is 39.2 Å². The van der Waals surface area contributed by atoms with Gasteiger partial charge in [0.2, 0.25) is 0 Å². The van der Waals surface area contributed by atoms with Crippen molar-refractivity contribution in [2.45, 2.75) is 63.9 Å². The van der Waals surface area contributed by atoms with Crippen molar-refractivity contribution in [1.29, 1.82) is 0 Å². The SMILES string of the molecule is CC(C)(C)OC(=O)N1[C@@H]2[C@H](NCc3ccccc3)CC[C@@H]21. The van der Waals surface area contributed by atoms with Crippen molar-refractivity contribution in [2.24, 2.45) is 0 Å². The molecule has 2 aliphatic rings. The fourth-order valence-electron chi connectivity index (χ4n) is 3.23. The number of carbonyl (C=O) groups is 1. The summed E-state index contributed by atoms with van der Waals surface area (Å²) >= 11 is 0. The molecule has 1 heterocycles. The number of benzene rings is 1. The van der Waals surface area contributed by atoms with Crippen LogP contribution in [0, 0.1) is 0 Å². The fourth-order valence-corrected chi connectivity index (χ4v) is 3.23. The van der Waals surface area contributed by atoms with Crippen molar-refractivity contribution in [3.8, 4) is 0 Å². The number of nitrogens with zero attached hydrogens (tertiary/aromatic N) is 1. The van der Waals surface area contributed by atoms with E-state index >= 15 is 0 Å². The highest BCUT2D eigenvalue weighted by Gasteiger charge is 2.59. The van der Waals surface area contributed by atoms with Crippen molar-refractivity contribution in [2.75, 3.05) is 0 Å². The van der Waals surface area contributed by atoms with Gasteiger partial charge < -0.3 is 10.1 Å². The van der Waals surface area contributed by atoms with Crippen molar-refractivity contribution >= 4 is 6.09 Å². The highest BCUT2D eigenvalue weighted by atomic mass is 16.6. The first-order chi connectivity index (χ1) is 9.96. The Bertz CT molecular complexity index is 509. The highest BCUT2D eigenvalue weighted by Crippen LogP contribution is 2.43. The maximum Gasteiger partial charge on any atom is 0.410 e. The Morgan fingerprint density at radius 2 is 2.00 bits per heavy atom. The van der Waals surface area contributed by atoms with Gasteiger partial charge in [0, 0.05) is 12.6 Å². The van der Waals surface area contributed by atoms with Gasteiger partial charge in [-0.15, -0.1) is 0 Å². The second-order valence-electron chi connectivity index (χ2n) is 7.00. The molecule has 114 valence electrons. The summed E-state index contributed by atoms with van der Waals surface area (Å²) in [6.07, 6.45) is 2.06. The molecule has 0 bridgehead atoms. The molecule has 1 N–H and O–H groups in total. The zero-order chi connectivity index (χ0) is 15.0. The van der Waals surface area contributed by atoms with Crippen molar-refractivity contribution in [3.05, 3.63) is 35.9 Å². The fraction of sp³-hybridized carbons (Fsp3) is 0.588. The number of amides is 1. The minimum Gasteiger partial charge on any atom is -0.444 e. The van der Waals surface area contributed by atoms with E-state index in [4.69, 9.17) is 4.74 Å². The molecule has 1 aliphatic carbocycles. The molecule has 0 unspecified atom stereocenters. The van der Waals surface area contributed by atoms with Crippen molar-refractivity contribution < 1.29 is 9.53 Å².